The summed E-state index contributed by atoms with van der Waals surface area (Å²) in [5, 5.41) is 11.5. The first-order valence-corrected chi connectivity index (χ1v) is 6.70. The van der Waals surface area contributed by atoms with Crippen LogP contribution in [0.5, 0.6) is 5.75 Å². The van der Waals surface area contributed by atoms with Gasteiger partial charge in [0.2, 0.25) is 0 Å². The lowest BCUT2D eigenvalue weighted by molar-refractivity contribution is -0.386. The molecule has 0 radical (unpaired) electrons. The summed E-state index contributed by atoms with van der Waals surface area (Å²) in [4.78, 5) is 10.5. The Morgan fingerprint density at radius 3 is 2.76 bits per heavy atom. The molecule has 0 bridgehead atoms. The molecule has 0 heterocycles. The average Bonchev–Trinajstić information content (AvgIpc) is 2.28. The van der Waals surface area contributed by atoms with Gasteiger partial charge in [-0.05, 0) is 25.0 Å². The molecule has 0 saturated heterocycles. The Morgan fingerprint density at radius 1 is 1.53 bits per heavy atom. The van der Waals surface area contributed by atoms with Gasteiger partial charge in [0.25, 0.3) is 0 Å². The molecule has 0 aliphatic heterocycles. The molecule has 1 unspecified atom stereocenters. The van der Waals surface area contributed by atoms with Crippen molar-refractivity contribution in [2.45, 2.75) is 38.1 Å². The van der Waals surface area contributed by atoms with Gasteiger partial charge in [0.1, 0.15) is 0 Å². The molecule has 0 amide bonds. The summed E-state index contributed by atoms with van der Waals surface area (Å²) >= 11 is 3.32. The topological polar surface area (TPSA) is 52.4 Å². The number of ether oxygens (including phenoxy) is 1. The third-order valence-electron chi connectivity index (χ3n) is 2.40. The van der Waals surface area contributed by atoms with Crippen LogP contribution < -0.4 is 4.74 Å². The number of nitrogens with zero attached hydrogens (tertiary/aromatic N) is 1. The maximum atomic E-state index is 10.9. The quantitative estimate of drug-likeness (QED) is 0.452. The largest absolute Gasteiger partial charge is 0.484 e. The van der Waals surface area contributed by atoms with Gasteiger partial charge in [-0.1, -0.05) is 35.3 Å². The lowest BCUT2D eigenvalue weighted by Gasteiger charge is -2.14. The summed E-state index contributed by atoms with van der Waals surface area (Å²) < 4.78 is 5.63. The maximum absolute atomic E-state index is 10.9. The monoisotopic (exact) mass is 301 g/mol. The fourth-order valence-electron chi connectivity index (χ4n) is 1.57. The molecule has 4 nitrogen and oxygen atoms in total. The van der Waals surface area contributed by atoms with Crippen LogP contribution in [0.15, 0.2) is 18.2 Å². The first-order chi connectivity index (χ1) is 8.08. The van der Waals surface area contributed by atoms with Crippen LogP contribution >= 0.6 is 15.9 Å². The highest BCUT2D eigenvalue weighted by atomic mass is 79.9. The van der Waals surface area contributed by atoms with Crippen LogP contribution in [-0.2, 0) is 5.33 Å². The first-order valence-electron chi connectivity index (χ1n) is 5.58. The van der Waals surface area contributed by atoms with E-state index >= 15 is 0 Å². The number of rotatable bonds is 6. The van der Waals surface area contributed by atoms with Crippen molar-refractivity contribution in [1.82, 2.24) is 0 Å². The second-order valence-electron chi connectivity index (χ2n) is 3.91. The number of benzene rings is 1. The third kappa shape index (κ3) is 4.00. The molecule has 1 rings (SSSR count). The van der Waals surface area contributed by atoms with Gasteiger partial charge in [0.15, 0.2) is 5.75 Å². The molecular formula is C12H16BrNO3. The van der Waals surface area contributed by atoms with E-state index in [-0.39, 0.29) is 11.8 Å². The van der Waals surface area contributed by atoms with Gasteiger partial charge in [-0.3, -0.25) is 10.1 Å². The predicted octanol–water partition coefficient (Wildman–Crippen LogP) is 4.06. The zero-order valence-electron chi connectivity index (χ0n) is 9.98. The number of nitro groups is 1. The summed E-state index contributed by atoms with van der Waals surface area (Å²) in [6.07, 6.45) is 1.87. The van der Waals surface area contributed by atoms with E-state index in [2.05, 4.69) is 22.9 Å². The summed E-state index contributed by atoms with van der Waals surface area (Å²) in [5.74, 6) is 0.355. The van der Waals surface area contributed by atoms with Gasteiger partial charge in [-0.2, -0.15) is 0 Å². The maximum Gasteiger partial charge on any atom is 0.310 e. The molecule has 5 heteroatoms. The standard InChI is InChI=1S/C12H16BrNO3/c1-3-4-9(2)17-12-7-10(8-13)5-6-11(12)14(15)16/h5-7,9H,3-4,8H2,1-2H3. The fraction of sp³-hybridized carbons (Fsp3) is 0.500. The number of hydrogen-bond acceptors (Lipinski definition) is 3. The van der Waals surface area contributed by atoms with Crippen molar-refractivity contribution in [2.75, 3.05) is 0 Å². The summed E-state index contributed by atoms with van der Waals surface area (Å²) in [7, 11) is 0. The highest BCUT2D eigenvalue weighted by Gasteiger charge is 2.17. The Labute approximate surface area is 109 Å². The minimum atomic E-state index is -0.411. The van der Waals surface area contributed by atoms with E-state index in [9.17, 15) is 10.1 Å². The molecule has 0 aliphatic carbocycles. The van der Waals surface area contributed by atoms with Gasteiger partial charge >= 0.3 is 5.69 Å². The van der Waals surface area contributed by atoms with Gasteiger partial charge in [0.05, 0.1) is 11.0 Å². The molecule has 0 fully saturated rings. The van der Waals surface area contributed by atoms with Crippen LogP contribution in [0.2, 0.25) is 0 Å². The lowest BCUT2D eigenvalue weighted by Crippen LogP contribution is -2.12. The van der Waals surface area contributed by atoms with Gasteiger partial charge in [-0.15, -0.1) is 0 Å². The van der Waals surface area contributed by atoms with Crippen LogP contribution in [0.3, 0.4) is 0 Å². The summed E-state index contributed by atoms with van der Waals surface area (Å²) in [6.45, 7) is 3.98. The second kappa shape index (κ2) is 6.59. The van der Waals surface area contributed by atoms with Crippen molar-refractivity contribution in [1.29, 1.82) is 0 Å². The van der Waals surface area contributed by atoms with Crippen molar-refractivity contribution in [3.05, 3.63) is 33.9 Å². The molecule has 0 spiro atoms. The third-order valence-corrected chi connectivity index (χ3v) is 3.05. The van der Waals surface area contributed by atoms with Crippen molar-refractivity contribution in [2.24, 2.45) is 0 Å². The first kappa shape index (κ1) is 14.0. The average molecular weight is 302 g/mol. The van der Waals surface area contributed by atoms with Crippen molar-refractivity contribution < 1.29 is 9.66 Å². The fourth-order valence-corrected chi connectivity index (χ4v) is 1.92. The normalized spacial score (nSPS) is 12.2. The summed E-state index contributed by atoms with van der Waals surface area (Å²) in [5.41, 5.74) is 0.993. The minimum Gasteiger partial charge on any atom is -0.484 e. The van der Waals surface area contributed by atoms with Crippen LogP contribution in [0.1, 0.15) is 32.3 Å². The molecule has 0 aliphatic rings. The van der Waals surface area contributed by atoms with Gasteiger partial charge in [0, 0.05) is 11.4 Å². The predicted molar refractivity (Wildman–Crippen MR) is 70.7 cm³/mol. The van der Waals surface area contributed by atoms with E-state index < -0.39 is 4.92 Å². The SMILES string of the molecule is CCCC(C)Oc1cc(CBr)ccc1[N+](=O)[O-]. The Hall–Kier alpha value is -1.10. The molecule has 1 aromatic rings. The van der Waals surface area contributed by atoms with E-state index in [0.29, 0.717) is 11.1 Å². The molecule has 0 saturated carbocycles. The molecular weight excluding hydrogens is 286 g/mol. The van der Waals surface area contributed by atoms with Gasteiger partial charge in [-0.25, -0.2) is 0 Å². The molecule has 1 atom stereocenters. The number of hydrogen-bond donors (Lipinski definition) is 0. The van der Waals surface area contributed by atoms with E-state index in [1.54, 1.807) is 12.1 Å². The summed E-state index contributed by atoms with van der Waals surface area (Å²) in [6, 6.07) is 4.94. The molecule has 17 heavy (non-hydrogen) atoms. The highest BCUT2D eigenvalue weighted by molar-refractivity contribution is 9.08. The van der Waals surface area contributed by atoms with Crippen molar-refractivity contribution >= 4 is 21.6 Å². The van der Waals surface area contributed by atoms with Crippen LogP contribution in [-0.4, -0.2) is 11.0 Å². The van der Waals surface area contributed by atoms with Crippen molar-refractivity contribution in [3.8, 4) is 5.75 Å². The highest BCUT2D eigenvalue weighted by Crippen LogP contribution is 2.30. The number of halogens is 1. The van der Waals surface area contributed by atoms with Gasteiger partial charge < -0.3 is 4.74 Å². The van der Waals surface area contributed by atoms with E-state index in [1.165, 1.54) is 6.07 Å². The Kier molecular flexibility index (Phi) is 5.41. The van der Waals surface area contributed by atoms with Crippen LogP contribution in [0.4, 0.5) is 5.69 Å². The Morgan fingerprint density at radius 2 is 2.24 bits per heavy atom. The Bertz CT molecular complexity index is 395. The van der Waals surface area contributed by atoms with Crippen LogP contribution in [0, 0.1) is 10.1 Å². The zero-order valence-corrected chi connectivity index (χ0v) is 11.6. The van der Waals surface area contributed by atoms with Crippen LogP contribution in [0.25, 0.3) is 0 Å². The molecule has 0 aromatic heterocycles. The molecule has 1 aromatic carbocycles. The second-order valence-corrected chi connectivity index (χ2v) is 4.47. The van der Waals surface area contributed by atoms with E-state index in [1.807, 2.05) is 6.92 Å². The number of alkyl halides is 1. The lowest BCUT2D eigenvalue weighted by atomic mass is 10.2. The molecule has 0 N–H and O–H groups in total. The van der Waals surface area contributed by atoms with Crippen molar-refractivity contribution in [3.63, 3.8) is 0 Å². The Balaban J connectivity index is 2.96. The molecule has 94 valence electrons. The minimum absolute atomic E-state index is 0.00993. The van der Waals surface area contributed by atoms with E-state index in [4.69, 9.17) is 4.74 Å². The smallest absolute Gasteiger partial charge is 0.310 e. The number of nitro benzene ring substituents is 1. The van der Waals surface area contributed by atoms with E-state index in [0.717, 1.165) is 18.4 Å². The zero-order chi connectivity index (χ0) is 12.8.